The number of carboxylic acid groups (broad SMARTS) is 1. The van der Waals surface area contributed by atoms with Gasteiger partial charge < -0.3 is 6.53 Å². The van der Waals surface area contributed by atoms with Gasteiger partial charge in [0.25, 0.3) is 0 Å². The minimum Gasteiger partial charge on any atom is -1.00 e. The number of carboxylic acids is 1. The zero-order chi connectivity index (χ0) is 4.57. The molecular weight excluding hydrogens is 119 g/mol. The van der Waals surface area contributed by atoms with Crippen LogP contribution in [-0.2, 0) is 4.79 Å². The molecule has 0 aromatic rings. The fraction of sp³-hybridized carbons (Fsp3) is 0.750. The molecule has 1 saturated carbocycles. The molecule has 0 bridgehead atoms. The number of hydrogen-bond donors (Lipinski definition) is 1. The minimum absolute atomic E-state index is 0. The zero-order valence-electron chi connectivity index (χ0n) is 5.35. The average molecular weight is 126 g/mol. The summed E-state index contributed by atoms with van der Waals surface area (Å²) in [7, 11) is 0. The third-order valence-electron chi connectivity index (χ3n) is 0.927. The Morgan fingerprint density at radius 1 is 1.71 bits per heavy atom. The maximum atomic E-state index is 9.76. The van der Waals surface area contributed by atoms with E-state index in [0.717, 1.165) is 12.8 Å². The van der Waals surface area contributed by atoms with Crippen LogP contribution < -0.4 is 51.4 Å². The van der Waals surface area contributed by atoms with E-state index in [-0.39, 0.29) is 58.7 Å². The second kappa shape index (κ2) is 3.20. The van der Waals surface area contributed by atoms with Gasteiger partial charge in [-0.15, -0.1) is 0 Å². The molecule has 7 heavy (non-hydrogen) atoms. The molecule has 1 aliphatic carbocycles. The van der Waals surface area contributed by atoms with E-state index in [1.165, 1.54) is 0 Å². The second-order valence-electron chi connectivity index (χ2n) is 1.61. The van der Waals surface area contributed by atoms with Gasteiger partial charge in [0.1, 0.15) is 0 Å². The predicted molar refractivity (Wildman–Crippen MR) is 21.5 cm³/mol. The molecule has 2 nitrogen and oxygen atoms in total. The standard InChI is InChI=1S/C4H6O2.K.H/c5-4(6)3-1-2-3;;/h3H,1-2H2,(H,5,6);;/q;+1;-1. The topological polar surface area (TPSA) is 37.3 Å². The molecule has 0 radical (unpaired) electrons. The first-order chi connectivity index (χ1) is 2.80. The quantitative estimate of drug-likeness (QED) is 0.398. The molecule has 1 aliphatic rings. The summed E-state index contributed by atoms with van der Waals surface area (Å²) in [6, 6.07) is 0. The minimum atomic E-state index is -0.630. The van der Waals surface area contributed by atoms with Gasteiger partial charge in [0.15, 0.2) is 0 Å². The van der Waals surface area contributed by atoms with Crippen molar-refractivity contribution >= 4 is 5.97 Å². The van der Waals surface area contributed by atoms with E-state index in [4.69, 9.17) is 5.11 Å². The smallest absolute Gasteiger partial charge is 1.00 e. The predicted octanol–water partition coefficient (Wildman–Crippen LogP) is -2.40. The van der Waals surface area contributed by atoms with Gasteiger partial charge in [0, 0.05) is 0 Å². The Kier molecular flexibility index (Phi) is 3.70. The van der Waals surface area contributed by atoms with E-state index in [1.807, 2.05) is 0 Å². The van der Waals surface area contributed by atoms with Crippen LogP contribution in [0.5, 0.6) is 0 Å². The van der Waals surface area contributed by atoms with Crippen LogP contribution in [0.15, 0.2) is 0 Å². The van der Waals surface area contributed by atoms with Crippen molar-refractivity contribution in [3.05, 3.63) is 0 Å². The van der Waals surface area contributed by atoms with Crippen molar-refractivity contribution in [2.45, 2.75) is 12.8 Å². The molecule has 0 heterocycles. The number of hydrogen-bond acceptors (Lipinski definition) is 1. The van der Waals surface area contributed by atoms with Crippen molar-refractivity contribution in [1.29, 1.82) is 0 Å². The first-order valence-corrected chi connectivity index (χ1v) is 2.03. The molecule has 36 valence electrons. The Balaban J connectivity index is 0. The van der Waals surface area contributed by atoms with Crippen LogP contribution in [-0.4, -0.2) is 11.1 Å². The molecule has 1 N–H and O–H groups in total. The van der Waals surface area contributed by atoms with E-state index < -0.39 is 5.97 Å². The SMILES string of the molecule is O=C(O)C1CC1.[H-].[K+]. The largest absolute Gasteiger partial charge is 1.00 e. The maximum Gasteiger partial charge on any atom is 1.00 e. The van der Waals surface area contributed by atoms with Gasteiger partial charge in [0.05, 0.1) is 5.92 Å². The molecule has 1 fully saturated rings. The van der Waals surface area contributed by atoms with Crippen LogP contribution in [0.2, 0.25) is 0 Å². The van der Waals surface area contributed by atoms with Gasteiger partial charge >= 0.3 is 57.4 Å². The van der Waals surface area contributed by atoms with Crippen molar-refractivity contribution in [3.8, 4) is 0 Å². The molecule has 1 rings (SSSR count). The monoisotopic (exact) mass is 126 g/mol. The van der Waals surface area contributed by atoms with Crippen LogP contribution in [0.1, 0.15) is 14.3 Å². The van der Waals surface area contributed by atoms with Gasteiger partial charge in [-0.3, -0.25) is 4.79 Å². The van der Waals surface area contributed by atoms with Crippen LogP contribution >= 0.6 is 0 Å². The Bertz CT molecular complexity index is 82.1. The van der Waals surface area contributed by atoms with Crippen LogP contribution in [0.4, 0.5) is 0 Å². The molecule has 0 spiro atoms. The first-order valence-electron chi connectivity index (χ1n) is 2.03. The van der Waals surface area contributed by atoms with Crippen molar-refractivity contribution in [2.24, 2.45) is 5.92 Å². The van der Waals surface area contributed by atoms with E-state index in [0.29, 0.717) is 0 Å². The second-order valence-corrected chi connectivity index (χ2v) is 1.61. The summed E-state index contributed by atoms with van der Waals surface area (Å²) < 4.78 is 0. The van der Waals surface area contributed by atoms with E-state index in [1.54, 1.807) is 0 Å². The molecule has 0 unspecified atom stereocenters. The maximum absolute atomic E-state index is 9.76. The van der Waals surface area contributed by atoms with E-state index in [2.05, 4.69) is 0 Å². The summed E-state index contributed by atoms with van der Waals surface area (Å²) in [6.45, 7) is 0. The molecule has 3 heteroatoms. The van der Waals surface area contributed by atoms with Crippen molar-refractivity contribution < 1.29 is 62.7 Å². The fourth-order valence-corrected chi connectivity index (χ4v) is 0.330. The fourth-order valence-electron chi connectivity index (χ4n) is 0.330. The summed E-state index contributed by atoms with van der Waals surface area (Å²) in [6.07, 6.45) is 1.80. The van der Waals surface area contributed by atoms with Gasteiger partial charge in [-0.1, -0.05) is 0 Å². The molecule has 0 aromatic heterocycles. The van der Waals surface area contributed by atoms with Gasteiger partial charge in [-0.25, -0.2) is 0 Å². The summed E-state index contributed by atoms with van der Waals surface area (Å²) in [5, 5.41) is 8.05. The van der Waals surface area contributed by atoms with Crippen LogP contribution in [0, 0.1) is 5.92 Å². The summed E-state index contributed by atoms with van der Waals surface area (Å²) in [5.74, 6) is -0.611. The summed E-state index contributed by atoms with van der Waals surface area (Å²) >= 11 is 0. The number of rotatable bonds is 1. The molecule has 0 aromatic carbocycles. The molecule has 0 aliphatic heterocycles. The molecule has 0 atom stereocenters. The Morgan fingerprint density at radius 2 is 2.14 bits per heavy atom. The van der Waals surface area contributed by atoms with Gasteiger partial charge in [-0.05, 0) is 12.8 Å². The van der Waals surface area contributed by atoms with Crippen molar-refractivity contribution in [2.75, 3.05) is 0 Å². The third-order valence-corrected chi connectivity index (χ3v) is 0.927. The Morgan fingerprint density at radius 3 is 2.14 bits per heavy atom. The zero-order valence-corrected chi connectivity index (χ0v) is 7.47. The first kappa shape index (κ1) is 8.11. The van der Waals surface area contributed by atoms with E-state index in [9.17, 15) is 4.79 Å². The van der Waals surface area contributed by atoms with Crippen molar-refractivity contribution in [1.82, 2.24) is 0 Å². The normalized spacial score (nSPS) is 17.7. The molecular formula is C4H7KO2. The molecule has 0 amide bonds. The Hall–Kier alpha value is 1.11. The third kappa shape index (κ3) is 2.82. The summed E-state index contributed by atoms with van der Waals surface area (Å²) in [4.78, 5) is 9.76. The Labute approximate surface area is 86.2 Å². The number of carbonyl (C=O) groups is 1. The molecule has 0 saturated heterocycles. The van der Waals surface area contributed by atoms with Crippen molar-refractivity contribution in [3.63, 3.8) is 0 Å². The number of aliphatic carboxylic acids is 1. The van der Waals surface area contributed by atoms with E-state index >= 15 is 0 Å². The van der Waals surface area contributed by atoms with Crippen LogP contribution in [0.25, 0.3) is 0 Å². The van der Waals surface area contributed by atoms with Gasteiger partial charge in [-0.2, -0.15) is 0 Å². The summed E-state index contributed by atoms with van der Waals surface area (Å²) in [5.41, 5.74) is 0. The van der Waals surface area contributed by atoms with Crippen LogP contribution in [0.3, 0.4) is 0 Å². The van der Waals surface area contributed by atoms with Gasteiger partial charge in [0.2, 0.25) is 0 Å². The average Bonchev–Trinajstić information content (AvgIpc) is 2.06.